The van der Waals surface area contributed by atoms with Crippen LogP contribution < -0.4 is 0 Å². The van der Waals surface area contributed by atoms with Crippen molar-refractivity contribution in [1.29, 1.82) is 0 Å². The molecule has 1 fully saturated rings. The maximum absolute atomic E-state index is 4.45. The van der Waals surface area contributed by atoms with E-state index in [0.29, 0.717) is 5.92 Å². The summed E-state index contributed by atoms with van der Waals surface area (Å²) in [7, 11) is 1.93. The fourth-order valence-electron chi connectivity index (χ4n) is 2.75. The van der Waals surface area contributed by atoms with Crippen LogP contribution in [0.25, 0.3) is 0 Å². The molecule has 0 spiro atoms. The van der Waals surface area contributed by atoms with E-state index in [1.807, 2.05) is 13.1 Å². The normalized spacial score (nSPS) is 27.5. The fraction of sp³-hybridized carbons (Fsp3) is 0.667. The second-order valence-electron chi connectivity index (χ2n) is 4.91. The smallest absolute Gasteiger partial charge is 0.0276 e. The zero-order valence-corrected chi connectivity index (χ0v) is 11.7. The maximum Gasteiger partial charge on any atom is 0.0276 e. The van der Waals surface area contributed by atoms with Crippen molar-refractivity contribution in [1.82, 2.24) is 4.90 Å². The average Bonchev–Trinajstić information content (AvgIpc) is 2.69. The summed E-state index contributed by atoms with van der Waals surface area (Å²) in [4.78, 5) is 6.97. The van der Waals surface area contributed by atoms with Crippen LogP contribution >= 0.6 is 0 Å². The molecule has 0 aromatic carbocycles. The molecule has 1 heterocycles. The minimum Gasteiger partial charge on any atom is -0.298 e. The second kappa shape index (κ2) is 6.75. The van der Waals surface area contributed by atoms with Gasteiger partial charge < -0.3 is 0 Å². The highest BCUT2D eigenvalue weighted by molar-refractivity contribution is 5.87. The zero-order chi connectivity index (χ0) is 12.8. The van der Waals surface area contributed by atoms with Gasteiger partial charge in [-0.25, -0.2) is 0 Å². The summed E-state index contributed by atoms with van der Waals surface area (Å²) in [5.41, 5.74) is 2.70. The molecule has 0 saturated carbocycles. The molecule has 17 heavy (non-hydrogen) atoms. The van der Waals surface area contributed by atoms with Crippen molar-refractivity contribution in [2.24, 2.45) is 16.8 Å². The molecule has 2 unspecified atom stereocenters. The molecular weight excluding hydrogens is 208 g/mol. The van der Waals surface area contributed by atoms with Gasteiger partial charge in [0.15, 0.2) is 0 Å². The predicted molar refractivity (Wildman–Crippen MR) is 76.7 cm³/mol. The van der Waals surface area contributed by atoms with Gasteiger partial charge in [0.05, 0.1) is 0 Å². The van der Waals surface area contributed by atoms with Crippen molar-refractivity contribution in [2.45, 2.75) is 27.2 Å². The lowest BCUT2D eigenvalue weighted by Gasteiger charge is -2.17. The predicted octanol–water partition coefficient (Wildman–Crippen LogP) is 3.17. The summed E-state index contributed by atoms with van der Waals surface area (Å²) in [5.74, 6) is 1.37. The molecule has 0 radical (unpaired) electrons. The molecule has 0 bridgehead atoms. The van der Waals surface area contributed by atoms with E-state index in [1.54, 1.807) is 0 Å². The van der Waals surface area contributed by atoms with Gasteiger partial charge in [-0.05, 0) is 24.8 Å². The lowest BCUT2D eigenvalue weighted by molar-refractivity contribution is 0.356. The van der Waals surface area contributed by atoms with Crippen LogP contribution in [0.4, 0.5) is 0 Å². The number of nitrogens with zero attached hydrogens (tertiary/aromatic N) is 2. The molecule has 0 aliphatic carbocycles. The first-order chi connectivity index (χ1) is 8.15. The van der Waals surface area contributed by atoms with Crippen LogP contribution in [-0.4, -0.2) is 37.3 Å². The number of likely N-dealkylation sites (tertiary alicyclic amines) is 1. The molecule has 1 saturated heterocycles. The van der Waals surface area contributed by atoms with E-state index in [1.165, 1.54) is 17.8 Å². The Balaban J connectivity index is 2.63. The van der Waals surface area contributed by atoms with Crippen molar-refractivity contribution in [3.05, 3.63) is 24.3 Å². The van der Waals surface area contributed by atoms with Crippen molar-refractivity contribution >= 4 is 5.71 Å². The topological polar surface area (TPSA) is 15.6 Å². The van der Waals surface area contributed by atoms with Gasteiger partial charge in [0.25, 0.3) is 0 Å². The summed E-state index contributed by atoms with van der Waals surface area (Å²) >= 11 is 0. The Hall–Kier alpha value is -0.890. The van der Waals surface area contributed by atoms with Crippen molar-refractivity contribution < 1.29 is 0 Å². The quantitative estimate of drug-likeness (QED) is 0.527. The molecule has 0 aromatic rings. The average molecular weight is 234 g/mol. The van der Waals surface area contributed by atoms with Crippen molar-refractivity contribution in [2.75, 3.05) is 26.7 Å². The summed E-state index contributed by atoms with van der Waals surface area (Å²) < 4.78 is 0. The van der Waals surface area contributed by atoms with Crippen molar-refractivity contribution in [3.63, 3.8) is 0 Å². The number of aliphatic imine (C=N–C) groups is 1. The highest BCUT2D eigenvalue weighted by atomic mass is 15.2. The van der Waals surface area contributed by atoms with Crippen LogP contribution in [0.1, 0.15) is 27.2 Å². The Kier molecular flexibility index (Phi) is 5.63. The zero-order valence-electron chi connectivity index (χ0n) is 11.7. The van der Waals surface area contributed by atoms with Gasteiger partial charge in [0.2, 0.25) is 0 Å². The molecule has 0 aromatic heterocycles. The third-order valence-electron chi connectivity index (χ3n) is 3.80. The summed E-state index contributed by atoms with van der Waals surface area (Å²) in [6.45, 7) is 13.8. The first-order valence-electron chi connectivity index (χ1n) is 6.61. The van der Waals surface area contributed by atoms with Gasteiger partial charge in [-0.2, -0.15) is 0 Å². The molecule has 0 N–H and O–H groups in total. The lowest BCUT2D eigenvalue weighted by atomic mass is 9.91. The Labute approximate surface area is 106 Å². The van der Waals surface area contributed by atoms with E-state index >= 15 is 0 Å². The van der Waals surface area contributed by atoms with Gasteiger partial charge in [-0.1, -0.05) is 32.6 Å². The molecule has 1 aliphatic heterocycles. The molecule has 2 heteroatoms. The third kappa shape index (κ3) is 3.53. The molecule has 1 rings (SSSR count). The minimum atomic E-state index is 0.646. The van der Waals surface area contributed by atoms with E-state index in [0.717, 1.165) is 25.4 Å². The first-order valence-corrected chi connectivity index (χ1v) is 6.61. The number of hydrogen-bond donors (Lipinski definition) is 0. The number of allylic oxidation sites excluding steroid dienone is 1. The van der Waals surface area contributed by atoms with Crippen LogP contribution in [0.2, 0.25) is 0 Å². The monoisotopic (exact) mass is 234 g/mol. The van der Waals surface area contributed by atoms with Crippen LogP contribution in [0, 0.1) is 11.8 Å². The SMILES string of the molecule is C=CC(=CC)CN1CC(C)C(C(CC)=NC)C1. The Bertz CT molecular complexity index is 315. The van der Waals surface area contributed by atoms with Crippen LogP contribution in [0.3, 0.4) is 0 Å². The van der Waals surface area contributed by atoms with Crippen LogP contribution in [0.15, 0.2) is 29.3 Å². The van der Waals surface area contributed by atoms with Crippen LogP contribution in [0.5, 0.6) is 0 Å². The van der Waals surface area contributed by atoms with E-state index in [2.05, 4.69) is 43.3 Å². The lowest BCUT2D eigenvalue weighted by Crippen LogP contribution is -2.25. The molecule has 96 valence electrons. The highest BCUT2D eigenvalue weighted by Gasteiger charge is 2.31. The number of rotatable bonds is 5. The van der Waals surface area contributed by atoms with Crippen LogP contribution in [-0.2, 0) is 0 Å². The van der Waals surface area contributed by atoms with E-state index in [-0.39, 0.29) is 0 Å². The minimum absolute atomic E-state index is 0.646. The van der Waals surface area contributed by atoms with Gasteiger partial charge in [0, 0.05) is 38.3 Å². The second-order valence-corrected chi connectivity index (χ2v) is 4.91. The molecule has 1 aliphatic rings. The summed E-state index contributed by atoms with van der Waals surface area (Å²) in [6.07, 6.45) is 5.20. The van der Waals surface area contributed by atoms with E-state index in [4.69, 9.17) is 0 Å². The molecule has 0 amide bonds. The fourth-order valence-corrected chi connectivity index (χ4v) is 2.75. The maximum atomic E-state index is 4.45. The summed E-state index contributed by atoms with van der Waals surface area (Å²) in [6, 6.07) is 0. The Morgan fingerprint density at radius 2 is 2.18 bits per heavy atom. The molecular formula is C15H26N2. The van der Waals surface area contributed by atoms with E-state index in [9.17, 15) is 0 Å². The first kappa shape index (κ1) is 14.2. The third-order valence-corrected chi connectivity index (χ3v) is 3.80. The molecule has 2 nitrogen and oxygen atoms in total. The van der Waals surface area contributed by atoms with Gasteiger partial charge in [-0.15, -0.1) is 0 Å². The Morgan fingerprint density at radius 1 is 1.47 bits per heavy atom. The summed E-state index contributed by atoms with van der Waals surface area (Å²) in [5, 5.41) is 0. The van der Waals surface area contributed by atoms with Gasteiger partial charge in [-0.3, -0.25) is 9.89 Å². The number of hydrogen-bond acceptors (Lipinski definition) is 2. The largest absolute Gasteiger partial charge is 0.298 e. The van der Waals surface area contributed by atoms with Gasteiger partial charge >= 0.3 is 0 Å². The molecule has 2 atom stereocenters. The van der Waals surface area contributed by atoms with Crippen molar-refractivity contribution in [3.8, 4) is 0 Å². The Morgan fingerprint density at radius 3 is 2.65 bits per heavy atom. The highest BCUT2D eigenvalue weighted by Crippen LogP contribution is 2.26. The van der Waals surface area contributed by atoms with E-state index < -0.39 is 0 Å². The van der Waals surface area contributed by atoms with Gasteiger partial charge in [0.1, 0.15) is 0 Å². The standard InChI is InChI=1S/C15H26N2/c1-6-13(7-2)10-17-9-12(4)14(11-17)15(8-3)16-5/h6-7,12,14H,1,8-11H2,2-5H3.